The Morgan fingerprint density at radius 1 is 0.322 bits per heavy atom. The summed E-state index contributed by atoms with van der Waals surface area (Å²) in [6.07, 6.45) is 7.32. The highest BCUT2D eigenvalue weighted by atomic mass is 16.5. The summed E-state index contributed by atoms with van der Waals surface area (Å²) in [5, 5.41) is 0. The molecule has 0 saturated carbocycles. The molecular formula is C52H35N5O2. The molecule has 0 N–H and O–H groups in total. The minimum Gasteiger partial charge on any atom is -0.453 e. The van der Waals surface area contributed by atoms with Crippen LogP contribution in [0.3, 0.4) is 0 Å². The minimum atomic E-state index is 0.787. The van der Waals surface area contributed by atoms with Crippen LogP contribution in [-0.2, 0) is 0 Å². The Labute approximate surface area is 342 Å². The van der Waals surface area contributed by atoms with Crippen LogP contribution in [0, 0.1) is 0 Å². The highest BCUT2D eigenvalue weighted by Gasteiger charge is 2.30. The zero-order chi connectivity index (χ0) is 39.1. The number of hydrogen-bond donors (Lipinski definition) is 0. The summed E-state index contributed by atoms with van der Waals surface area (Å²) in [5.41, 5.74) is 13.2. The molecule has 2 aromatic heterocycles. The maximum absolute atomic E-state index is 6.49. The minimum absolute atomic E-state index is 0.787. The lowest BCUT2D eigenvalue weighted by Gasteiger charge is -2.37. The number of benzene rings is 7. The predicted molar refractivity (Wildman–Crippen MR) is 237 cm³/mol. The van der Waals surface area contributed by atoms with Gasteiger partial charge in [-0.25, -0.2) is 0 Å². The molecule has 2 aliphatic heterocycles. The smallest absolute Gasteiger partial charge is 0.151 e. The first-order valence-electron chi connectivity index (χ1n) is 19.5. The van der Waals surface area contributed by atoms with Crippen LogP contribution in [0.25, 0.3) is 22.3 Å². The zero-order valence-corrected chi connectivity index (χ0v) is 31.8. The number of rotatable bonds is 7. The molecule has 7 nitrogen and oxygen atoms in total. The third-order valence-electron chi connectivity index (χ3n) is 10.8. The van der Waals surface area contributed by atoms with Crippen LogP contribution >= 0.6 is 0 Å². The van der Waals surface area contributed by atoms with E-state index < -0.39 is 0 Å². The third kappa shape index (κ3) is 6.18. The zero-order valence-electron chi connectivity index (χ0n) is 31.8. The van der Waals surface area contributed by atoms with E-state index in [9.17, 15) is 0 Å². The van der Waals surface area contributed by atoms with E-state index >= 15 is 0 Å². The van der Waals surface area contributed by atoms with Crippen molar-refractivity contribution in [3.05, 3.63) is 213 Å². The molecule has 0 bridgehead atoms. The summed E-state index contributed by atoms with van der Waals surface area (Å²) in [4.78, 5) is 15.4. The molecule has 59 heavy (non-hydrogen) atoms. The Morgan fingerprint density at radius 3 is 1.00 bits per heavy atom. The van der Waals surface area contributed by atoms with Crippen molar-refractivity contribution in [1.82, 2.24) is 9.97 Å². The van der Waals surface area contributed by atoms with E-state index in [0.29, 0.717) is 0 Å². The van der Waals surface area contributed by atoms with Crippen LogP contribution < -0.4 is 24.2 Å². The van der Waals surface area contributed by atoms with E-state index in [-0.39, 0.29) is 0 Å². The van der Waals surface area contributed by atoms with Crippen LogP contribution in [0.1, 0.15) is 0 Å². The molecule has 2 aliphatic rings. The Morgan fingerprint density at radius 2 is 0.644 bits per heavy atom. The molecule has 9 aromatic rings. The number of hydrogen-bond acceptors (Lipinski definition) is 7. The maximum atomic E-state index is 6.49. The Bertz CT molecular complexity index is 2670. The van der Waals surface area contributed by atoms with Crippen molar-refractivity contribution in [2.75, 3.05) is 14.7 Å². The standard InChI is InChI=1S/C52H35N5O2/c1-5-13-49-45(9-1)56(46-10-2-6-14-50(46)58-49)43-33-42(34-44(35-43)57-47-11-3-7-15-51(47)59-52-16-8-4-12-48(52)57)55(40-21-17-36(18-22-40)38-25-29-53-30-26-38)41-23-19-37(20-24-41)39-27-31-54-32-28-39/h1-35H. The number of anilines is 9. The fourth-order valence-corrected chi connectivity index (χ4v) is 8.07. The van der Waals surface area contributed by atoms with Crippen molar-refractivity contribution in [3.8, 4) is 45.3 Å². The van der Waals surface area contributed by atoms with Gasteiger partial charge in [0.05, 0.1) is 39.8 Å². The summed E-state index contributed by atoms with van der Waals surface area (Å²) >= 11 is 0. The van der Waals surface area contributed by atoms with Crippen molar-refractivity contribution in [2.45, 2.75) is 0 Å². The first kappa shape index (κ1) is 34.1. The normalized spacial score (nSPS) is 12.3. The highest BCUT2D eigenvalue weighted by Crippen LogP contribution is 2.55. The van der Waals surface area contributed by atoms with Crippen molar-refractivity contribution < 1.29 is 9.47 Å². The molecule has 0 spiro atoms. The lowest BCUT2D eigenvalue weighted by molar-refractivity contribution is 0.477. The number of aromatic nitrogens is 2. The molecule has 4 heterocycles. The van der Waals surface area contributed by atoms with Crippen LogP contribution in [0.15, 0.2) is 213 Å². The van der Waals surface area contributed by atoms with Crippen molar-refractivity contribution in [3.63, 3.8) is 0 Å². The highest BCUT2D eigenvalue weighted by molar-refractivity contribution is 5.94. The second kappa shape index (κ2) is 14.4. The molecule has 0 atom stereocenters. The SMILES string of the molecule is c1ccc2c(c1)Oc1ccccc1N2c1cc(N(c2ccc(-c3ccncc3)cc2)c2ccc(-c3ccncc3)cc2)cc(N2c3ccccc3Oc3ccccc32)c1. The number of pyridine rings is 2. The Kier molecular flexibility index (Phi) is 8.33. The van der Waals surface area contributed by atoms with E-state index in [0.717, 1.165) is 96.4 Å². The number of para-hydroxylation sites is 8. The van der Waals surface area contributed by atoms with Gasteiger partial charge in [0.25, 0.3) is 0 Å². The predicted octanol–water partition coefficient (Wildman–Crippen LogP) is 14.4. The maximum Gasteiger partial charge on any atom is 0.151 e. The first-order chi connectivity index (χ1) is 29.2. The molecule has 0 amide bonds. The van der Waals surface area contributed by atoms with Gasteiger partial charge in [0.15, 0.2) is 23.0 Å². The fourth-order valence-electron chi connectivity index (χ4n) is 8.07. The average molecular weight is 762 g/mol. The summed E-state index contributed by atoms with van der Waals surface area (Å²) in [7, 11) is 0. The molecule has 0 fully saturated rings. The summed E-state index contributed by atoms with van der Waals surface area (Å²) < 4.78 is 13.0. The van der Waals surface area contributed by atoms with Gasteiger partial charge in [-0.2, -0.15) is 0 Å². The first-order valence-corrected chi connectivity index (χ1v) is 19.5. The molecule has 0 radical (unpaired) electrons. The van der Waals surface area contributed by atoms with E-state index in [1.807, 2.05) is 97.6 Å². The quantitative estimate of drug-likeness (QED) is 0.160. The molecule has 0 saturated heterocycles. The molecule has 0 unspecified atom stereocenters. The van der Waals surface area contributed by atoms with Gasteiger partial charge < -0.3 is 24.2 Å². The van der Waals surface area contributed by atoms with Gasteiger partial charge in [-0.05, 0) is 138 Å². The van der Waals surface area contributed by atoms with Crippen molar-refractivity contribution in [2.24, 2.45) is 0 Å². The molecule has 7 heteroatoms. The van der Waals surface area contributed by atoms with Crippen LogP contribution in [-0.4, -0.2) is 9.97 Å². The summed E-state index contributed by atoms with van der Waals surface area (Å²) in [6.45, 7) is 0. The average Bonchev–Trinajstić information content (AvgIpc) is 3.31. The van der Waals surface area contributed by atoms with Gasteiger partial charge in [-0.1, -0.05) is 72.8 Å². The van der Waals surface area contributed by atoms with E-state index in [1.165, 1.54) is 0 Å². The molecule has 7 aromatic carbocycles. The lowest BCUT2D eigenvalue weighted by atomic mass is 10.0. The second-order valence-electron chi connectivity index (χ2n) is 14.4. The van der Waals surface area contributed by atoms with Crippen LogP contribution in [0.4, 0.5) is 51.2 Å². The monoisotopic (exact) mass is 761 g/mol. The topological polar surface area (TPSA) is 54.0 Å². The van der Waals surface area contributed by atoms with E-state index in [1.54, 1.807) is 0 Å². The van der Waals surface area contributed by atoms with Gasteiger partial charge in [-0.15, -0.1) is 0 Å². The summed E-state index contributed by atoms with van der Waals surface area (Å²) in [6, 6.07) is 65.3. The van der Waals surface area contributed by atoms with Gasteiger partial charge in [-0.3, -0.25) is 9.97 Å². The van der Waals surface area contributed by atoms with Crippen molar-refractivity contribution in [1.29, 1.82) is 0 Å². The number of nitrogens with zero attached hydrogens (tertiary/aromatic N) is 5. The lowest BCUT2D eigenvalue weighted by Crippen LogP contribution is -2.19. The van der Waals surface area contributed by atoms with E-state index in [4.69, 9.17) is 9.47 Å². The molecule has 11 rings (SSSR count). The third-order valence-corrected chi connectivity index (χ3v) is 10.8. The number of fused-ring (bicyclic) bond motifs is 4. The van der Waals surface area contributed by atoms with Gasteiger partial charge in [0, 0.05) is 36.2 Å². The Balaban J connectivity index is 1.16. The van der Waals surface area contributed by atoms with Crippen molar-refractivity contribution >= 4 is 51.2 Å². The van der Waals surface area contributed by atoms with Gasteiger partial charge >= 0.3 is 0 Å². The van der Waals surface area contributed by atoms with Crippen LogP contribution in [0.2, 0.25) is 0 Å². The van der Waals surface area contributed by atoms with Gasteiger partial charge in [0.2, 0.25) is 0 Å². The fraction of sp³-hybridized carbons (Fsp3) is 0. The number of ether oxygens (including phenoxy) is 2. The molecular weight excluding hydrogens is 727 g/mol. The second-order valence-corrected chi connectivity index (χ2v) is 14.4. The molecule has 0 aliphatic carbocycles. The Hall–Kier alpha value is -8.16. The van der Waals surface area contributed by atoms with Gasteiger partial charge in [0.1, 0.15) is 0 Å². The summed E-state index contributed by atoms with van der Waals surface area (Å²) in [5.74, 6) is 3.15. The largest absolute Gasteiger partial charge is 0.453 e. The van der Waals surface area contributed by atoms with Crippen LogP contribution in [0.5, 0.6) is 23.0 Å². The molecule has 280 valence electrons. The van der Waals surface area contributed by atoms with E-state index in [2.05, 4.69) is 140 Å².